The first-order valence-corrected chi connectivity index (χ1v) is 11.3. The molecule has 1 fully saturated rings. The Bertz CT molecular complexity index is 1090. The second kappa shape index (κ2) is 7.14. The Balaban J connectivity index is 1.72. The van der Waals surface area contributed by atoms with Crippen LogP contribution in [0.2, 0.25) is 0 Å². The Hall–Kier alpha value is -2.10. The summed E-state index contributed by atoms with van der Waals surface area (Å²) >= 11 is 1.39. The molecule has 0 spiro atoms. The molecule has 0 aliphatic carbocycles. The molecular formula is C18H18FN3O3S2. The zero-order chi connectivity index (χ0) is 19.0. The molecular weight excluding hydrogens is 389 g/mol. The minimum Gasteiger partial charge on any atom is -0.473 e. The second-order valence-corrected chi connectivity index (χ2v) is 9.38. The number of rotatable bonds is 4. The van der Waals surface area contributed by atoms with E-state index >= 15 is 0 Å². The summed E-state index contributed by atoms with van der Waals surface area (Å²) in [5.74, 6) is -0.0895. The highest BCUT2D eigenvalue weighted by atomic mass is 32.2. The van der Waals surface area contributed by atoms with E-state index in [4.69, 9.17) is 4.74 Å². The van der Waals surface area contributed by atoms with Gasteiger partial charge in [-0.1, -0.05) is 6.07 Å². The number of fused-ring (bicyclic) bond motifs is 1. The number of sulfone groups is 1. The lowest BCUT2D eigenvalue weighted by Gasteiger charge is -2.23. The van der Waals surface area contributed by atoms with Crippen LogP contribution in [0, 0.1) is 5.82 Å². The van der Waals surface area contributed by atoms with E-state index in [-0.39, 0.29) is 11.0 Å². The largest absolute Gasteiger partial charge is 0.473 e. The van der Waals surface area contributed by atoms with Crippen molar-refractivity contribution in [3.05, 3.63) is 35.7 Å². The van der Waals surface area contributed by atoms with E-state index in [1.165, 1.54) is 29.8 Å². The monoisotopic (exact) mass is 407 g/mol. The van der Waals surface area contributed by atoms with Crippen LogP contribution in [-0.2, 0) is 9.84 Å². The molecule has 0 saturated carbocycles. The molecule has 0 bridgehead atoms. The van der Waals surface area contributed by atoms with Crippen molar-refractivity contribution in [1.29, 1.82) is 0 Å². The molecule has 0 amide bonds. The van der Waals surface area contributed by atoms with Crippen LogP contribution in [0.4, 0.5) is 4.39 Å². The van der Waals surface area contributed by atoms with E-state index < -0.39 is 15.7 Å². The maximum Gasteiger partial charge on any atom is 0.235 e. The zero-order valence-electron chi connectivity index (χ0n) is 14.6. The van der Waals surface area contributed by atoms with Crippen molar-refractivity contribution in [3.63, 3.8) is 0 Å². The fourth-order valence-electron chi connectivity index (χ4n) is 3.12. The molecule has 4 rings (SSSR count). The van der Waals surface area contributed by atoms with Gasteiger partial charge in [0.2, 0.25) is 5.88 Å². The second-order valence-electron chi connectivity index (χ2n) is 6.49. The number of piperidine rings is 1. The number of nitrogens with one attached hydrogen (secondary N) is 1. The van der Waals surface area contributed by atoms with Gasteiger partial charge in [-0.25, -0.2) is 22.8 Å². The van der Waals surface area contributed by atoms with Crippen molar-refractivity contribution in [2.24, 2.45) is 0 Å². The van der Waals surface area contributed by atoms with Crippen LogP contribution in [0.5, 0.6) is 5.88 Å². The lowest BCUT2D eigenvalue weighted by molar-refractivity contribution is 0.158. The molecule has 1 aliphatic heterocycles. The van der Waals surface area contributed by atoms with Crippen molar-refractivity contribution in [1.82, 2.24) is 15.3 Å². The maximum absolute atomic E-state index is 14.6. The number of hydrogen-bond acceptors (Lipinski definition) is 7. The molecule has 2 aromatic heterocycles. The van der Waals surface area contributed by atoms with Gasteiger partial charge >= 0.3 is 0 Å². The van der Waals surface area contributed by atoms with Crippen LogP contribution in [0.1, 0.15) is 12.8 Å². The molecule has 0 radical (unpaired) electrons. The van der Waals surface area contributed by atoms with Gasteiger partial charge in [0.15, 0.2) is 9.84 Å². The number of benzene rings is 1. The van der Waals surface area contributed by atoms with Crippen molar-refractivity contribution in [2.45, 2.75) is 23.8 Å². The first kappa shape index (κ1) is 18.3. The number of aromatic nitrogens is 2. The van der Waals surface area contributed by atoms with Crippen LogP contribution in [-0.4, -0.2) is 43.8 Å². The van der Waals surface area contributed by atoms with Gasteiger partial charge in [0, 0.05) is 22.8 Å². The highest BCUT2D eigenvalue weighted by Crippen LogP contribution is 2.38. The minimum absolute atomic E-state index is 0.0483. The van der Waals surface area contributed by atoms with E-state index in [0.717, 1.165) is 43.0 Å². The Kier molecular flexibility index (Phi) is 4.83. The van der Waals surface area contributed by atoms with Gasteiger partial charge in [-0.2, -0.15) is 0 Å². The molecule has 0 atom stereocenters. The number of thiophene rings is 1. The SMILES string of the molecule is CS(=O)(=O)c1ccc(-c2csc3c(OC4CCNCC4)ncnc23)c(F)c1. The summed E-state index contributed by atoms with van der Waals surface area (Å²) in [4.78, 5) is 8.52. The Morgan fingerprint density at radius 2 is 2.00 bits per heavy atom. The molecule has 0 unspecified atom stereocenters. The smallest absolute Gasteiger partial charge is 0.235 e. The molecule has 142 valence electrons. The molecule has 3 aromatic rings. The van der Waals surface area contributed by atoms with Gasteiger partial charge in [-0.05, 0) is 38.1 Å². The number of hydrogen-bond donors (Lipinski definition) is 1. The van der Waals surface area contributed by atoms with Crippen molar-refractivity contribution in [2.75, 3.05) is 19.3 Å². The van der Waals surface area contributed by atoms with Gasteiger partial charge in [-0.15, -0.1) is 11.3 Å². The van der Waals surface area contributed by atoms with E-state index in [1.807, 2.05) is 0 Å². The third-order valence-corrected chi connectivity index (χ3v) is 6.61. The van der Waals surface area contributed by atoms with Gasteiger partial charge in [0.05, 0.1) is 10.4 Å². The Morgan fingerprint density at radius 3 is 2.70 bits per heavy atom. The minimum atomic E-state index is -3.46. The summed E-state index contributed by atoms with van der Waals surface area (Å²) in [6, 6.07) is 3.93. The first-order valence-electron chi connectivity index (χ1n) is 8.53. The first-order chi connectivity index (χ1) is 12.9. The maximum atomic E-state index is 14.6. The molecule has 1 saturated heterocycles. The lowest BCUT2D eigenvalue weighted by atomic mass is 10.1. The number of halogens is 1. The summed E-state index contributed by atoms with van der Waals surface area (Å²) < 4.78 is 44.7. The van der Waals surface area contributed by atoms with Crippen molar-refractivity contribution < 1.29 is 17.5 Å². The van der Waals surface area contributed by atoms with Crippen LogP contribution < -0.4 is 10.1 Å². The summed E-state index contributed by atoms with van der Waals surface area (Å²) in [7, 11) is -3.46. The topological polar surface area (TPSA) is 81.2 Å². The molecule has 27 heavy (non-hydrogen) atoms. The fraction of sp³-hybridized carbons (Fsp3) is 0.333. The predicted octanol–water partition coefficient (Wildman–Crippen LogP) is 3.03. The van der Waals surface area contributed by atoms with Crippen LogP contribution >= 0.6 is 11.3 Å². The molecule has 9 heteroatoms. The molecule has 1 aliphatic rings. The lowest BCUT2D eigenvalue weighted by Crippen LogP contribution is -2.34. The third-order valence-electron chi connectivity index (χ3n) is 4.54. The summed E-state index contributed by atoms with van der Waals surface area (Å²) in [5, 5.41) is 5.09. The van der Waals surface area contributed by atoms with E-state index in [0.29, 0.717) is 22.5 Å². The van der Waals surface area contributed by atoms with Crippen LogP contribution in [0.25, 0.3) is 21.3 Å². The van der Waals surface area contributed by atoms with Crippen LogP contribution in [0.15, 0.2) is 34.8 Å². The molecule has 1 N–H and O–H groups in total. The van der Waals surface area contributed by atoms with Gasteiger partial charge in [0.1, 0.15) is 22.9 Å². The highest BCUT2D eigenvalue weighted by Gasteiger charge is 2.20. The predicted molar refractivity (Wildman–Crippen MR) is 102 cm³/mol. The van der Waals surface area contributed by atoms with E-state index in [2.05, 4.69) is 15.3 Å². The summed E-state index contributed by atoms with van der Waals surface area (Å²) in [5.41, 5.74) is 1.51. The fourth-order valence-corrected chi connectivity index (χ4v) is 4.70. The van der Waals surface area contributed by atoms with Crippen LogP contribution in [0.3, 0.4) is 0 Å². The Morgan fingerprint density at radius 1 is 1.22 bits per heavy atom. The third kappa shape index (κ3) is 3.67. The van der Waals surface area contributed by atoms with Gasteiger partial charge in [0.25, 0.3) is 0 Å². The normalized spacial score (nSPS) is 15.9. The highest BCUT2D eigenvalue weighted by molar-refractivity contribution is 7.90. The van der Waals surface area contributed by atoms with Gasteiger partial charge in [-0.3, -0.25) is 0 Å². The summed E-state index contributed by atoms with van der Waals surface area (Å²) in [6.07, 6.45) is 4.38. The Labute approximate surface area is 160 Å². The summed E-state index contributed by atoms with van der Waals surface area (Å²) in [6.45, 7) is 1.82. The molecule has 1 aromatic carbocycles. The van der Waals surface area contributed by atoms with E-state index in [1.54, 1.807) is 5.38 Å². The van der Waals surface area contributed by atoms with Crippen molar-refractivity contribution in [3.8, 4) is 17.0 Å². The molecule has 3 heterocycles. The van der Waals surface area contributed by atoms with Crippen molar-refractivity contribution >= 4 is 31.4 Å². The standard InChI is InChI=1S/C18H18FN3O3S2/c1-27(23,24)12-2-3-13(15(19)8-12)14-9-26-17-16(14)21-10-22-18(17)25-11-4-6-20-7-5-11/h2-3,8-11,20H,4-7H2,1H3. The average molecular weight is 407 g/mol. The van der Waals surface area contributed by atoms with E-state index in [9.17, 15) is 12.8 Å². The quantitative estimate of drug-likeness (QED) is 0.716. The van der Waals surface area contributed by atoms with Gasteiger partial charge < -0.3 is 10.1 Å². The average Bonchev–Trinajstić information content (AvgIpc) is 3.07. The number of ether oxygens (including phenoxy) is 1. The molecule has 6 nitrogen and oxygen atoms in total. The number of nitrogens with zero attached hydrogens (tertiary/aromatic N) is 2. The zero-order valence-corrected chi connectivity index (χ0v) is 16.2.